The maximum atomic E-state index is 9.60. The van der Waals surface area contributed by atoms with Crippen molar-refractivity contribution in [3.63, 3.8) is 0 Å². The Bertz CT molecular complexity index is 279. The molecular weight excluding hydrogens is 156 g/mol. The second kappa shape index (κ2) is 2.52. The number of aryl methyl sites for hydroxylation is 1. The number of tetrazole rings is 1. The fourth-order valence-corrected chi connectivity index (χ4v) is 1.07. The van der Waals surface area contributed by atoms with Gasteiger partial charge in [-0.2, -0.15) is 4.80 Å². The van der Waals surface area contributed by atoms with Crippen LogP contribution in [-0.2, 0) is 12.1 Å². The summed E-state index contributed by atoms with van der Waals surface area (Å²) in [7, 11) is 0. The van der Waals surface area contributed by atoms with E-state index in [1.54, 1.807) is 0 Å². The molecule has 66 valence electrons. The van der Waals surface area contributed by atoms with E-state index in [1.165, 1.54) is 4.80 Å². The Morgan fingerprint density at radius 2 is 2.33 bits per heavy atom. The fourth-order valence-electron chi connectivity index (χ4n) is 1.07. The van der Waals surface area contributed by atoms with E-state index in [9.17, 15) is 5.11 Å². The molecule has 0 atom stereocenters. The Morgan fingerprint density at radius 3 is 2.92 bits per heavy atom. The second-order valence-corrected chi connectivity index (χ2v) is 3.24. The van der Waals surface area contributed by atoms with Crippen LogP contribution in [-0.4, -0.2) is 25.3 Å². The third-order valence-corrected chi connectivity index (χ3v) is 2.02. The van der Waals surface area contributed by atoms with Crippen LogP contribution < -0.4 is 0 Å². The van der Waals surface area contributed by atoms with Crippen LogP contribution in [0.4, 0.5) is 0 Å². The van der Waals surface area contributed by atoms with Gasteiger partial charge in [0.25, 0.3) is 0 Å². The van der Waals surface area contributed by atoms with Gasteiger partial charge in [0.2, 0.25) is 5.82 Å². The molecule has 1 fully saturated rings. The first kappa shape index (κ1) is 7.67. The van der Waals surface area contributed by atoms with Gasteiger partial charge in [0.1, 0.15) is 5.60 Å². The standard InChI is InChI=1S/C7H12N4O/c1-2-5-11-9-6(8-10-11)7(12)3-4-7/h12H,2-5H2,1H3. The summed E-state index contributed by atoms with van der Waals surface area (Å²) < 4.78 is 0. The number of nitrogens with zero attached hydrogens (tertiary/aromatic N) is 4. The molecule has 1 aromatic rings. The first-order valence-electron chi connectivity index (χ1n) is 4.25. The Hall–Kier alpha value is -0.970. The first-order valence-corrected chi connectivity index (χ1v) is 4.25. The summed E-state index contributed by atoms with van der Waals surface area (Å²) in [4.78, 5) is 1.53. The molecule has 0 bridgehead atoms. The van der Waals surface area contributed by atoms with Crippen molar-refractivity contribution >= 4 is 0 Å². The van der Waals surface area contributed by atoms with E-state index in [1.807, 2.05) is 0 Å². The maximum absolute atomic E-state index is 9.60. The quantitative estimate of drug-likeness (QED) is 0.693. The molecule has 1 aliphatic carbocycles. The molecule has 0 unspecified atom stereocenters. The van der Waals surface area contributed by atoms with Crippen molar-refractivity contribution in [3.8, 4) is 0 Å². The lowest BCUT2D eigenvalue weighted by Crippen LogP contribution is -2.08. The molecular formula is C7H12N4O. The van der Waals surface area contributed by atoms with Crippen LogP contribution >= 0.6 is 0 Å². The summed E-state index contributed by atoms with van der Waals surface area (Å²) in [6.07, 6.45) is 2.52. The second-order valence-electron chi connectivity index (χ2n) is 3.24. The maximum Gasteiger partial charge on any atom is 0.206 e. The third kappa shape index (κ3) is 1.20. The minimum absolute atomic E-state index is 0.482. The Labute approximate surface area is 70.4 Å². The number of hydrogen-bond donors (Lipinski definition) is 1. The minimum Gasteiger partial charge on any atom is -0.382 e. The Balaban J connectivity index is 2.13. The zero-order valence-electron chi connectivity index (χ0n) is 7.06. The largest absolute Gasteiger partial charge is 0.382 e. The molecule has 5 nitrogen and oxygen atoms in total. The summed E-state index contributed by atoms with van der Waals surface area (Å²) >= 11 is 0. The Morgan fingerprint density at radius 1 is 1.58 bits per heavy atom. The molecule has 1 saturated carbocycles. The highest BCUT2D eigenvalue weighted by atomic mass is 16.3. The van der Waals surface area contributed by atoms with Crippen LogP contribution in [0.5, 0.6) is 0 Å². The van der Waals surface area contributed by atoms with E-state index in [-0.39, 0.29) is 0 Å². The lowest BCUT2D eigenvalue weighted by molar-refractivity contribution is 0.140. The topological polar surface area (TPSA) is 63.8 Å². The van der Waals surface area contributed by atoms with E-state index in [2.05, 4.69) is 22.3 Å². The van der Waals surface area contributed by atoms with Gasteiger partial charge >= 0.3 is 0 Å². The molecule has 0 aliphatic heterocycles. The van der Waals surface area contributed by atoms with Crippen LogP contribution in [0.1, 0.15) is 32.0 Å². The van der Waals surface area contributed by atoms with Gasteiger partial charge in [0.15, 0.2) is 0 Å². The molecule has 1 aromatic heterocycles. The van der Waals surface area contributed by atoms with Gasteiger partial charge in [-0.15, -0.1) is 10.2 Å². The van der Waals surface area contributed by atoms with Gasteiger partial charge in [-0.3, -0.25) is 0 Å². The normalized spacial score (nSPS) is 19.5. The number of rotatable bonds is 3. The average molecular weight is 168 g/mol. The van der Waals surface area contributed by atoms with Crippen molar-refractivity contribution < 1.29 is 5.11 Å². The van der Waals surface area contributed by atoms with Crippen molar-refractivity contribution in [1.82, 2.24) is 20.2 Å². The zero-order valence-corrected chi connectivity index (χ0v) is 7.06. The SMILES string of the molecule is CCCn1nnc(C2(O)CC2)n1. The van der Waals surface area contributed by atoms with E-state index in [0.717, 1.165) is 25.8 Å². The van der Waals surface area contributed by atoms with Gasteiger partial charge in [0, 0.05) is 0 Å². The number of aliphatic hydroxyl groups is 1. The molecule has 0 spiro atoms. The molecule has 1 aliphatic rings. The van der Waals surface area contributed by atoms with Crippen molar-refractivity contribution in [2.24, 2.45) is 0 Å². The van der Waals surface area contributed by atoms with Crippen LogP contribution in [0.25, 0.3) is 0 Å². The minimum atomic E-state index is -0.744. The van der Waals surface area contributed by atoms with E-state index < -0.39 is 5.60 Å². The van der Waals surface area contributed by atoms with Gasteiger partial charge in [-0.25, -0.2) is 0 Å². The van der Waals surface area contributed by atoms with Crippen molar-refractivity contribution in [3.05, 3.63) is 5.82 Å². The molecule has 2 rings (SSSR count). The summed E-state index contributed by atoms with van der Waals surface area (Å²) in [6, 6.07) is 0. The highest BCUT2D eigenvalue weighted by molar-refractivity contribution is 5.07. The van der Waals surface area contributed by atoms with Gasteiger partial charge in [0.05, 0.1) is 6.54 Å². The van der Waals surface area contributed by atoms with E-state index in [4.69, 9.17) is 0 Å². The van der Waals surface area contributed by atoms with Crippen LogP contribution in [0.15, 0.2) is 0 Å². The molecule has 0 saturated heterocycles. The van der Waals surface area contributed by atoms with Crippen molar-refractivity contribution in [2.45, 2.75) is 38.3 Å². The van der Waals surface area contributed by atoms with Gasteiger partial charge in [-0.05, 0) is 24.5 Å². The monoisotopic (exact) mass is 168 g/mol. The summed E-state index contributed by atoms with van der Waals surface area (Å²) in [6.45, 7) is 2.82. The average Bonchev–Trinajstić information content (AvgIpc) is 2.64. The summed E-state index contributed by atoms with van der Waals surface area (Å²) in [5.41, 5.74) is -0.744. The molecule has 0 radical (unpaired) electrons. The van der Waals surface area contributed by atoms with Crippen LogP contribution in [0, 0.1) is 0 Å². The molecule has 1 heterocycles. The lowest BCUT2D eigenvalue weighted by atomic mass is 10.3. The zero-order chi connectivity index (χ0) is 8.60. The van der Waals surface area contributed by atoms with Gasteiger partial charge in [-0.1, -0.05) is 6.92 Å². The number of hydrogen-bond acceptors (Lipinski definition) is 4. The predicted molar refractivity (Wildman–Crippen MR) is 41.2 cm³/mol. The van der Waals surface area contributed by atoms with Gasteiger partial charge < -0.3 is 5.11 Å². The molecule has 5 heteroatoms. The molecule has 1 N–H and O–H groups in total. The van der Waals surface area contributed by atoms with Crippen LogP contribution in [0.2, 0.25) is 0 Å². The first-order chi connectivity index (χ1) is 5.74. The van der Waals surface area contributed by atoms with E-state index >= 15 is 0 Å². The van der Waals surface area contributed by atoms with Crippen molar-refractivity contribution in [2.75, 3.05) is 0 Å². The molecule has 0 amide bonds. The fraction of sp³-hybridized carbons (Fsp3) is 0.857. The number of aromatic nitrogens is 4. The highest BCUT2D eigenvalue weighted by Gasteiger charge is 2.46. The van der Waals surface area contributed by atoms with Crippen LogP contribution in [0.3, 0.4) is 0 Å². The molecule has 0 aromatic carbocycles. The molecule has 12 heavy (non-hydrogen) atoms. The summed E-state index contributed by atoms with van der Waals surface area (Å²) in [5.74, 6) is 0.482. The Kier molecular flexibility index (Phi) is 1.61. The predicted octanol–water partition coefficient (Wildman–Crippen LogP) is 0.0645. The van der Waals surface area contributed by atoms with Crippen molar-refractivity contribution in [1.29, 1.82) is 0 Å². The smallest absolute Gasteiger partial charge is 0.206 e. The lowest BCUT2D eigenvalue weighted by Gasteiger charge is -1.97. The third-order valence-electron chi connectivity index (χ3n) is 2.02. The highest BCUT2D eigenvalue weighted by Crippen LogP contribution is 2.42. The van der Waals surface area contributed by atoms with E-state index in [0.29, 0.717) is 5.82 Å². The summed E-state index contributed by atoms with van der Waals surface area (Å²) in [5, 5.41) is 21.3.